The van der Waals surface area contributed by atoms with Crippen molar-refractivity contribution in [2.45, 2.75) is 26.0 Å². The molecule has 0 radical (unpaired) electrons. The van der Waals surface area contributed by atoms with Crippen LogP contribution in [0, 0.1) is 0 Å². The van der Waals surface area contributed by atoms with Gasteiger partial charge in [0, 0.05) is 0 Å². The highest BCUT2D eigenvalue weighted by Crippen LogP contribution is 2.26. The van der Waals surface area contributed by atoms with Gasteiger partial charge in [0.1, 0.15) is 0 Å². The van der Waals surface area contributed by atoms with Gasteiger partial charge in [-0.15, -0.1) is 0 Å². The Hall–Kier alpha value is -2.49. The maximum absolute atomic E-state index is 12.3. The Morgan fingerprint density at radius 3 is 2.18 bits per heavy atom. The van der Waals surface area contributed by atoms with Gasteiger partial charge in [0.25, 0.3) is 5.91 Å². The van der Waals surface area contributed by atoms with Crippen LogP contribution in [0.25, 0.3) is 0 Å². The monoisotopic (exact) mass is 299 g/mol. The van der Waals surface area contributed by atoms with Crippen LogP contribution in [0.15, 0.2) is 54.6 Å². The second-order valence-electron chi connectivity index (χ2n) is 5.05. The van der Waals surface area contributed by atoms with E-state index in [1.165, 1.54) is 0 Å². The number of amides is 1. The first kappa shape index (κ1) is 15.9. The molecule has 1 N–H and O–H groups in total. The van der Waals surface area contributed by atoms with Crippen LogP contribution in [0.4, 0.5) is 0 Å². The Bertz CT molecular complexity index is 613. The van der Waals surface area contributed by atoms with Crippen LogP contribution in [0.2, 0.25) is 0 Å². The lowest BCUT2D eigenvalue weighted by Crippen LogP contribution is -2.37. The van der Waals surface area contributed by atoms with E-state index in [4.69, 9.17) is 9.47 Å². The van der Waals surface area contributed by atoms with Crippen molar-refractivity contribution in [3.8, 4) is 11.5 Å². The zero-order valence-corrected chi connectivity index (χ0v) is 13.1. The summed E-state index contributed by atoms with van der Waals surface area (Å²) in [5, 5.41) is 2.95. The average molecular weight is 299 g/mol. The zero-order chi connectivity index (χ0) is 15.9. The summed E-state index contributed by atoms with van der Waals surface area (Å²) >= 11 is 0. The van der Waals surface area contributed by atoms with Crippen molar-refractivity contribution in [2.75, 3.05) is 7.11 Å². The molecule has 22 heavy (non-hydrogen) atoms. The second kappa shape index (κ2) is 7.50. The first-order valence-electron chi connectivity index (χ1n) is 7.27. The fourth-order valence-corrected chi connectivity index (χ4v) is 2.12. The molecule has 0 aliphatic carbocycles. The summed E-state index contributed by atoms with van der Waals surface area (Å²) < 4.78 is 10.9. The van der Waals surface area contributed by atoms with Crippen LogP contribution >= 0.6 is 0 Å². The minimum atomic E-state index is -0.609. The molecule has 0 saturated heterocycles. The number of para-hydroxylation sites is 2. The molecule has 0 aliphatic heterocycles. The van der Waals surface area contributed by atoms with Gasteiger partial charge in [-0.25, -0.2) is 0 Å². The molecule has 0 unspecified atom stereocenters. The molecule has 2 aromatic carbocycles. The van der Waals surface area contributed by atoms with E-state index in [1.807, 2.05) is 49.4 Å². The molecule has 0 bridgehead atoms. The van der Waals surface area contributed by atoms with Crippen molar-refractivity contribution < 1.29 is 14.3 Å². The number of rotatable bonds is 6. The zero-order valence-electron chi connectivity index (χ0n) is 13.1. The minimum absolute atomic E-state index is 0.0718. The van der Waals surface area contributed by atoms with Crippen LogP contribution < -0.4 is 14.8 Å². The number of hydrogen-bond acceptors (Lipinski definition) is 3. The van der Waals surface area contributed by atoms with Crippen LogP contribution in [0.5, 0.6) is 11.5 Å². The number of carbonyl (C=O) groups excluding carboxylic acids is 1. The van der Waals surface area contributed by atoms with Gasteiger partial charge in [-0.1, -0.05) is 42.5 Å². The largest absolute Gasteiger partial charge is 0.493 e. The van der Waals surface area contributed by atoms with Crippen molar-refractivity contribution in [1.29, 1.82) is 0 Å². The third-order valence-corrected chi connectivity index (χ3v) is 3.40. The summed E-state index contributed by atoms with van der Waals surface area (Å²) in [5.74, 6) is 1.00. The predicted octanol–water partition coefficient (Wildman–Crippen LogP) is 3.34. The molecule has 4 nitrogen and oxygen atoms in total. The highest BCUT2D eigenvalue weighted by molar-refractivity contribution is 5.81. The quantitative estimate of drug-likeness (QED) is 0.890. The minimum Gasteiger partial charge on any atom is -0.493 e. The Labute approximate surface area is 131 Å². The molecule has 2 atom stereocenters. The summed E-state index contributed by atoms with van der Waals surface area (Å²) in [5.41, 5.74) is 1.06. The number of hydrogen-bond donors (Lipinski definition) is 1. The Morgan fingerprint density at radius 2 is 1.55 bits per heavy atom. The molecule has 0 saturated carbocycles. The molecule has 0 fully saturated rings. The van der Waals surface area contributed by atoms with Crippen LogP contribution in [0.3, 0.4) is 0 Å². The number of methoxy groups -OCH3 is 1. The predicted molar refractivity (Wildman–Crippen MR) is 86.1 cm³/mol. The lowest BCUT2D eigenvalue weighted by Gasteiger charge is -2.20. The van der Waals surface area contributed by atoms with Gasteiger partial charge < -0.3 is 14.8 Å². The Kier molecular flexibility index (Phi) is 5.42. The van der Waals surface area contributed by atoms with E-state index in [0.717, 1.165) is 5.56 Å². The number of nitrogens with one attached hydrogen (secondary N) is 1. The smallest absolute Gasteiger partial charge is 0.261 e. The summed E-state index contributed by atoms with van der Waals surface area (Å²) in [7, 11) is 1.57. The van der Waals surface area contributed by atoms with Crippen LogP contribution in [-0.2, 0) is 4.79 Å². The molecule has 2 aromatic rings. The first-order chi connectivity index (χ1) is 10.6. The SMILES string of the molecule is COc1ccccc1O[C@H](C)C(=O)N[C@H](C)c1ccccc1. The van der Waals surface area contributed by atoms with Crippen molar-refractivity contribution >= 4 is 5.91 Å². The highest BCUT2D eigenvalue weighted by atomic mass is 16.5. The van der Waals surface area contributed by atoms with Gasteiger partial charge in [-0.3, -0.25) is 4.79 Å². The van der Waals surface area contributed by atoms with Crippen molar-refractivity contribution in [3.05, 3.63) is 60.2 Å². The van der Waals surface area contributed by atoms with E-state index in [9.17, 15) is 4.79 Å². The molecule has 2 rings (SSSR count). The fourth-order valence-electron chi connectivity index (χ4n) is 2.12. The Balaban J connectivity index is 1.97. The molecule has 0 aliphatic rings. The number of carbonyl (C=O) groups is 1. The van der Waals surface area contributed by atoms with E-state index in [2.05, 4.69) is 5.32 Å². The van der Waals surface area contributed by atoms with Crippen molar-refractivity contribution in [2.24, 2.45) is 0 Å². The lowest BCUT2D eigenvalue weighted by atomic mass is 10.1. The normalized spacial score (nSPS) is 13.0. The maximum atomic E-state index is 12.3. The molecule has 1 amide bonds. The first-order valence-corrected chi connectivity index (χ1v) is 7.27. The average Bonchev–Trinajstić information content (AvgIpc) is 2.56. The molecule has 116 valence electrons. The molecular formula is C18H21NO3. The summed E-state index contributed by atoms with van der Waals surface area (Å²) in [6, 6.07) is 17.0. The van der Waals surface area contributed by atoms with Gasteiger partial charge in [-0.2, -0.15) is 0 Å². The highest BCUT2D eigenvalue weighted by Gasteiger charge is 2.18. The molecule has 0 aromatic heterocycles. The van der Waals surface area contributed by atoms with Gasteiger partial charge in [-0.05, 0) is 31.5 Å². The Morgan fingerprint density at radius 1 is 0.955 bits per heavy atom. The summed E-state index contributed by atoms with van der Waals surface area (Å²) in [6.45, 7) is 3.67. The standard InChI is InChI=1S/C18H21NO3/c1-13(15-9-5-4-6-10-15)19-18(20)14(2)22-17-12-8-7-11-16(17)21-3/h4-14H,1-3H3,(H,19,20)/t13-,14-/m1/s1. The fraction of sp³-hybridized carbons (Fsp3) is 0.278. The molecule has 0 spiro atoms. The van der Waals surface area contributed by atoms with Gasteiger partial charge >= 0.3 is 0 Å². The van der Waals surface area contributed by atoms with E-state index in [-0.39, 0.29) is 11.9 Å². The molecule has 4 heteroatoms. The van der Waals surface area contributed by atoms with E-state index >= 15 is 0 Å². The van der Waals surface area contributed by atoms with Gasteiger partial charge in [0.15, 0.2) is 17.6 Å². The van der Waals surface area contributed by atoms with Crippen molar-refractivity contribution in [3.63, 3.8) is 0 Å². The number of ether oxygens (including phenoxy) is 2. The third kappa shape index (κ3) is 4.01. The molecule has 0 heterocycles. The maximum Gasteiger partial charge on any atom is 0.261 e. The summed E-state index contributed by atoms with van der Waals surface area (Å²) in [4.78, 5) is 12.3. The summed E-state index contributed by atoms with van der Waals surface area (Å²) in [6.07, 6.45) is -0.609. The van der Waals surface area contributed by atoms with E-state index in [0.29, 0.717) is 11.5 Å². The number of benzene rings is 2. The molecular weight excluding hydrogens is 278 g/mol. The van der Waals surface area contributed by atoms with E-state index < -0.39 is 6.10 Å². The van der Waals surface area contributed by atoms with E-state index in [1.54, 1.807) is 26.2 Å². The van der Waals surface area contributed by atoms with Crippen LogP contribution in [0.1, 0.15) is 25.5 Å². The topological polar surface area (TPSA) is 47.6 Å². The lowest BCUT2D eigenvalue weighted by molar-refractivity contribution is -0.127. The van der Waals surface area contributed by atoms with Gasteiger partial charge in [0.2, 0.25) is 0 Å². The second-order valence-corrected chi connectivity index (χ2v) is 5.05. The third-order valence-electron chi connectivity index (χ3n) is 3.40. The van der Waals surface area contributed by atoms with Crippen LogP contribution in [-0.4, -0.2) is 19.1 Å². The van der Waals surface area contributed by atoms with Gasteiger partial charge in [0.05, 0.1) is 13.2 Å². The van der Waals surface area contributed by atoms with Crippen molar-refractivity contribution in [1.82, 2.24) is 5.32 Å².